The van der Waals surface area contributed by atoms with E-state index in [1.54, 1.807) is 0 Å². The van der Waals surface area contributed by atoms with Gasteiger partial charge in [0.25, 0.3) is 11.4 Å². The first kappa shape index (κ1) is 16.1. The molecule has 0 aliphatic heterocycles. The summed E-state index contributed by atoms with van der Waals surface area (Å²) in [7, 11) is 0. The third kappa shape index (κ3) is 3.12. The fraction of sp³-hybridized carbons (Fsp3) is 0.571. The smallest absolute Gasteiger partial charge is 0.258 e. The summed E-state index contributed by atoms with van der Waals surface area (Å²) >= 11 is 0. The fourth-order valence-corrected chi connectivity index (χ4v) is 2.45. The van der Waals surface area contributed by atoms with Gasteiger partial charge in [-0.25, -0.2) is 0 Å². The SMILES string of the molecule is CCC(C)C(C)C(C)c1c([N+](=O)[O-])cccc1[N+](=O)[O-]. The Morgan fingerprint density at radius 3 is 1.85 bits per heavy atom. The minimum Gasteiger partial charge on any atom is -0.258 e. The van der Waals surface area contributed by atoms with Crippen LogP contribution >= 0.6 is 0 Å². The van der Waals surface area contributed by atoms with Crippen molar-refractivity contribution in [1.29, 1.82) is 0 Å². The molecule has 6 nitrogen and oxygen atoms in total. The molecule has 0 saturated heterocycles. The van der Waals surface area contributed by atoms with Crippen LogP contribution in [-0.2, 0) is 0 Å². The van der Waals surface area contributed by atoms with E-state index in [1.807, 2.05) is 20.8 Å². The van der Waals surface area contributed by atoms with Crippen molar-refractivity contribution in [2.24, 2.45) is 11.8 Å². The van der Waals surface area contributed by atoms with E-state index in [1.165, 1.54) is 18.2 Å². The maximum atomic E-state index is 11.1. The molecule has 1 aromatic rings. The molecule has 0 N–H and O–H groups in total. The van der Waals surface area contributed by atoms with Crippen LogP contribution in [-0.4, -0.2) is 9.85 Å². The van der Waals surface area contributed by atoms with Crippen molar-refractivity contribution in [1.82, 2.24) is 0 Å². The zero-order valence-corrected chi connectivity index (χ0v) is 12.2. The Morgan fingerprint density at radius 2 is 1.50 bits per heavy atom. The number of nitro benzene ring substituents is 2. The molecule has 20 heavy (non-hydrogen) atoms. The Balaban J connectivity index is 3.39. The summed E-state index contributed by atoms with van der Waals surface area (Å²) in [4.78, 5) is 21.2. The van der Waals surface area contributed by atoms with E-state index >= 15 is 0 Å². The van der Waals surface area contributed by atoms with E-state index in [9.17, 15) is 20.2 Å². The van der Waals surface area contributed by atoms with Crippen LogP contribution in [0.1, 0.15) is 45.6 Å². The van der Waals surface area contributed by atoms with Crippen LogP contribution in [0.4, 0.5) is 11.4 Å². The lowest BCUT2D eigenvalue weighted by molar-refractivity contribution is -0.396. The van der Waals surface area contributed by atoms with Crippen LogP contribution in [0.5, 0.6) is 0 Å². The summed E-state index contributed by atoms with van der Waals surface area (Å²) in [6.07, 6.45) is 0.930. The van der Waals surface area contributed by atoms with E-state index in [-0.39, 0.29) is 28.8 Å². The maximum absolute atomic E-state index is 11.1. The normalized spacial score (nSPS) is 15.4. The van der Waals surface area contributed by atoms with Crippen molar-refractivity contribution in [3.05, 3.63) is 44.0 Å². The van der Waals surface area contributed by atoms with Gasteiger partial charge in [0.2, 0.25) is 0 Å². The number of hydrogen-bond donors (Lipinski definition) is 0. The first-order valence-corrected chi connectivity index (χ1v) is 6.72. The highest BCUT2D eigenvalue weighted by Crippen LogP contribution is 2.40. The third-order valence-corrected chi connectivity index (χ3v) is 4.24. The molecular weight excluding hydrogens is 260 g/mol. The molecule has 0 spiro atoms. The Hall–Kier alpha value is -1.98. The molecule has 0 aliphatic rings. The van der Waals surface area contributed by atoms with E-state index in [2.05, 4.69) is 6.92 Å². The highest BCUT2D eigenvalue weighted by molar-refractivity contribution is 5.55. The molecule has 0 bridgehead atoms. The van der Waals surface area contributed by atoms with Gasteiger partial charge in [-0.1, -0.05) is 34.1 Å². The molecule has 110 valence electrons. The highest BCUT2D eigenvalue weighted by Gasteiger charge is 2.32. The topological polar surface area (TPSA) is 86.3 Å². The average Bonchev–Trinajstić information content (AvgIpc) is 2.43. The zero-order chi connectivity index (χ0) is 15.4. The highest BCUT2D eigenvalue weighted by atomic mass is 16.6. The number of nitro groups is 2. The molecule has 0 radical (unpaired) electrons. The monoisotopic (exact) mass is 280 g/mol. The predicted molar refractivity (Wildman–Crippen MR) is 76.8 cm³/mol. The molecule has 3 atom stereocenters. The predicted octanol–water partition coefficient (Wildman–Crippen LogP) is 4.29. The Bertz CT molecular complexity index is 484. The molecule has 0 aromatic heterocycles. The van der Waals surface area contributed by atoms with Gasteiger partial charge in [0.1, 0.15) is 5.56 Å². The summed E-state index contributed by atoms with van der Waals surface area (Å²) in [5, 5.41) is 22.3. The Morgan fingerprint density at radius 1 is 1.05 bits per heavy atom. The lowest BCUT2D eigenvalue weighted by Gasteiger charge is -2.25. The van der Waals surface area contributed by atoms with E-state index in [0.717, 1.165) is 6.42 Å². The lowest BCUT2D eigenvalue weighted by Crippen LogP contribution is -2.17. The van der Waals surface area contributed by atoms with Gasteiger partial charge in [-0.05, 0) is 23.8 Å². The van der Waals surface area contributed by atoms with Crippen molar-refractivity contribution in [3.63, 3.8) is 0 Å². The second-order valence-corrected chi connectivity index (χ2v) is 5.26. The summed E-state index contributed by atoms with van der Waals surface area (Å²) in [5.74, 6) is 0.219. The number of rotatable bonds is 6. The molecule has 0 heterocycles. The van der Waals surface area contributed by atoms with Crippen LogP contribution in [0.15, 0.2) is 18.2 Å². The maximum Gasteiger partial charge on any atom is 0.279 e. The van der Waals surface area contributed by atoms with Gasteiger partial charge in [-0.15, -0.1) is 0 Å². The second kappa shape index (κ2) is 6.45. The van der Waals surface area contributed by atoms with Gasteiger partial charge >= 0.3 is 0 Å². The zero-order valence-electron chi connectivity index (χ0n) is 12.2. The van der Waals surface area contributed by atoms with Crippen molar-refractivity contribution >= 4 is 11.4 Å². The van der Waals surface area contributed by atoms with E-state index < -0.39 is 9.85 Å². The first-order valence-electron chi connectivity index (χ1n) is 6.72. The molecule has 1 aromatic carbocycles. The Kier molecular flexibility index (Phi) is 5.19. The fourth-order valence-electron chi connectivity index (χ4n) is 2.45. The quantitative estimate of drug-likeness (QED) is 0.574. The average molecular weight is 280 g/mol. The molecule has 0 saturated carbocycles. The van der Waals surface area contributed by atoms with Gasteiger partial charge in [0, 0.05) is 12.1 Å². The van der Waals surface area contributed by atoms with Gasteiger partial charge in [0.05, 0.1) is 9.85 Å². The largest absolute Gasteiger partial charge is 0.279 e. The van der Waals surface area contributed by atoms with Crippen molar-refractivity contribution < 1.29 is 9.85 Å². The molecular formula is C14H20N2O4. The summed E-state index contributed by atoms with van der Waals surface area (Å²) in [6.45, 7) is 7.91. The molecule has 0 aliphatic carbocycles. The molecule has 6 heteroatoms. The van der Waals surface area contributed by atoms with Crippen LogP contribution in [0.2, 0.25) is 0 Å². The molecule has 0 amide bonds. The molecule has 3 unspecified atom stereocenters. The summed E-state index contributed by atoms with van der Waals surface area (Å²) in [5.41, 5.74) is -0.0981. The van der Waals surface area contributed by atoms with Crippen LogP contribution < -0.4 is 0 Å². The summed E-state index contributed by atoms with van der Waals surface area (Å²) in [6, 6.07) is 4.03. The Labute approximate surface area is 118 Å². The van der Waals surface area contributed by atoms with E-state index in [0.29, 0.717) is 5.92 Å². The van der Waals surface area contributed by atoms with Crippen LogP contribution in [0, 0.1) is 32.1 Å². The van der Waals surface area contributed by atoms with Gasteiger partial charge < -0.3 is 0 Å². The molecule has 1 rings (SSSR count). The van der Waals surface area contributed by atoms with E-state index in [4.69, 9.17) is 0 Å². The minimum absolute atomic E-state index is 0.125. The van der Waals surface area contributed by atoms with Crippen molar-refractivity contribution in [3.8, 4) is 0 Å². The number of nitrogens with zero attached hydrogens (tertiary/aromatic N) is 2. The molecule has 0 fully saturated rings. The third-order valence-electron chi connectivity index (χ3n) is 4.24. The van der Waals surface area contributed by atoms with Crippen LogP contribution in [0.25, 0.3) is 0 Å². The van der Waals surface area contributed by atoms with Gasteiger partial charge in [0.15, 0.2) is 0 Å². The standard InChI is InChI=1S/C14H20N2O4/c1-5-9(2)10(3)11(4)14-12(15(17)18)7-6-8-13(14)16(19)20/h6-11H,5H2,1-4H3. The van der Waals surface area contributed by atoms with Gasteiger partial charge in [-0.3, -0.25) is 20.2 Å². The lowest BCUT2D eigenvalue weighted by atomic mass is 9.79. The van der Waals surface area contributed by atoms with Crippen LogP contribution in [0.3, 0.4) is 0 Å². The second-order valence-electron chi connectivity index (χ2n) is 5.26. The minimum atomic E-state index is -0.540. The summed E-state index contributed by atoms with van der Waals surface area (Å²) < 4.78 is 0. The van der Waals surface area contributed by atoms with Crippen molar-refractivity contribution in [2.45, 2.75) is 40.0 Å². The number of benzene rings is 1. The van der Waals surface area contributed by atoms with Crippen molar-refractivity contribution in [2.75, 3.05) is 0 Å². The number of hydrogen-bond acceptors (Lipinski definition) is 4. The first-order chi connectivity index (χ1) is 9.31. The van der Waals surface area contributed by atoms with Gasteiger partial charge in [-0.2, -0.15) is 0 Å².